The number of piperidine rings is 1. The number of carbonyl (C=O) groups is 1. The predicted molar refractivity (Wildman–Crippen MR) is 100 cm³/mol. The van der Waals surface area contributed by atoms with Crippen molar-refractivity contribution in [3.05, 3.63) is 53.3 Å². The summed E-state index contributed by atoms with van der Waals surface area (Å²) in [6.07, 6.45) is 6.65. The summed E-state index contributed by atoms with van der Waals surface area (Å²) in [5, 5.41) is 3.28. The van der Waals surface area contributed by atoms with Gasteiger partial charge in [0.25, 0.3) is 11.5 Å². The van der Waals surface area contributed by atoms with Crippen molar-refractivity contribution in [1.29, 1.82) is 0 Å². The molecule has 2 aromatic rings. The van der Waals surface area contributed by atoms with Gasteiger partial charge in [0.1, 0.15) is 17.5 Å². The number of fused-ring (bicyclic) bond motifs is 1. The molecule has 0 radical (unpaired) electrons. The Hall–Kier alpha value is -2.67. The molecule has 1 aliphatic rings. The third-order valence-electron chi connectivity index (χ3n) is 4.72. The maximum atomic E-state index is 12.8. The van der Waals surface area contributed by atoms with Gasteiger partial charge in [-0.2, -0.15) is 0 Å². The molecule has 3 heterocycles. The number of nitrogens with one attached hydrogen (secondary N) is 1. The van der Waals surface area contributed by atoms with E-state index < -0.39 is 0 Å². The summed E-state index contributed by atoms with van der Waals surface area (Å²) >= 11 is 0. The molecular weight excluding hydrogens is 332 g/mol. The molecule has 1 saturated heterocycles. The van der Waals surface area contributed by atoms with Crippen LogP contribution < -0.4 is 10.9 Å². The number of rotatable bonds is 6. The van der Waals surface area contributed by atoms with E-state index in [2.05, 4.69) is 28.4 Å². The molecule has 3 rings (SSSR count). The zero-order chi connectivity index (χ0) is 18.7. The number of hydrogen-bond acceptors (Lipinski definition) is 5. The first kappa shape index (κ1) is 18.1. The smallest absolute Gasteiger partial charge is 0.265 e. The summed E-state index contributed by atoms with van der Waals surface area (Å²) in [6.45, 7) is 12.1. The lowest BCUT2D eigenvalue weighted by molar-refractivity contribution is 0.0914. The summed E-state index contributed by atoms with van der Waals surface area (Å²) < 4.78 is 6.95. The van der Waals surface area contributed by atoms with Gasteiger partial charge in [0.05, 0.1) is 5.56 Å². The van der Waals surface area contributed by atoms with Crippen LogP contribution in [-0.2, 0) is 6.54 Å². The van der Waals surface area contributed by atoms with Crippen LogP contribution in [0.3, 0.4) is 0 Å². The van der Waals surface area contributed by atoms with E-state index in [1.54, 1.807) is 13.0 Å². The molecule has 2 aromatic heterocycles. The highest BCUT2D eigenvalue weighted by Gasteiger charge is 2.26. The topological polar surface area (TPSA) is 80.4 Å². The lowest BCUT2D eigenvalue weighted by Crippen LogP contribution is -2.44. The van der Waals surface area contributed by atoms with Gasteiger partial charge in [-0.3, -0.25) is 19.1 Å². The lowest BCUT2D eigenvalue weighted by Gasteiger charge is -2.31. The fourth-order valence-corrected chi connectivity index (χ4v) is 3.38. The Labute approximate surface area is 152 Å². The van der Waals surface area contributed by atoms with Crippen LogP contribution in [0.5, 0.6) is 0 Å². The SMILES string of the molecule is C=CCN1CCC(NC(=O)c2c(C)oc3ncn(CC=C)c(=O)c23)CC1. The molecule has 1 aliphatic heterocycles. The van der Waals surface area contributed by atoms with Crippen molar-refractivity contribution in [2.45, 2.75) is 32.4 Å². The molecule has 0 saturated carbocycles. The fourth-order valence-electron chi connectivity index (χ4n) is 3.38. The Bertz CT molecular complexity index is 888. The summed E-state index contributed by atoms with van der Waals surface area (Å²) in [5.74, 6) is 0.126. The molecule has 0 unspecified atom stereocenters. The molecule has 7 heteroatoms. The minimum absolute atomic E-state index is 0.0833. The number of aryl methyl sites for hydroxylation is 1. The Morgan fingerprint density at radius 1 is 1.35 bits per heavy atom. The van der Waals surface area contributed by atoms with Crippen molar-refractivity contribution >= 4 is 17.0 Å². The van der Waals surface area contributed by atoms with E-state index >= 15 is 0 Å². The van der Waals surface area contributed by atoms with E-state index in [0.717, 1.165) is 32.5 Å². The van der Waals surface area contributed by atoms with E-state index in [9.17, 15) is 9.59 Å². The van der Waals surface area contributed by atoms with Crippen LogP contribution in [0.4, 0.5) is 0 Å². The fraction of sp³-hybridized carbons (Fsp3) is 0.421. The van der Waals surface area contributed by atoms with Gasteiger partial charge in [0.2, 0.25) is 5.71 Å². The minimum atomic E-state index is -0.294. The van der Waals surface area contributed by atoms with Gasteiger partial charge in [0.15, 0.2) is 0 Å². The number of amides is 1. The molecular formula is C19H24N4O3. The largest absolute Gasteiger partial charge is 0.442 e. The Balaban J connectivity index is 1.83. The number of aromatic nitrogens is 2. The zero-order valence-corrected chi connectivity index (χ0v) is 15.0. The lowest BCUT2D eigenvalue weighted by atomic mass is 10.0. The van der Waals surface area contributed by atoms with Crippen LogP contribution in [0.2, 0.25) is 0 Å². The van der Waals surface area contributed by atoms with Crippen LogP contribution in [-0.4, -0.2) is 46.0 Å². The van der Waals surface area contributed by atoms with Gasteiger partial charge < -0.3 is 9.73 Å². The van der Waals surface area contributed by atoms with Crippen molar-refractivity contribution < 1.29 is 9.21 Å². The van der Waals surface area contributed by atoms with E-state index in [1.165, 1.54) is 10.9 Å². The average molecular weight is 356 g/mol. The van der Waals surface area contributed by atoms with Crippen molar-refractivity contribution in [3.8, 4) is 0 Å². The van der Waals surface area contributed by atoms with Crippen LogP contribution in [0.15, 0.2) is 40.8 Å². The van der Waals surface area contributed by atoms with Gasteiger partial charge in [0, 0.05) is 32.2 Å². The van der Waals surface area contributed by atoms with Gasteiger partial charge in [-0.15, -0.1) is 13.2 Å². The Morgan fingerprint density at radius 2 is 2.04 bits per heavy atom. The van der Waals surface area contributed by atoms with Crippen LogP contribution in [0.25, 0.3) is 11.1 Å². The molecule has 0 aliphatic carbocycles. The summed E-state index contributed by atoms with van der Waals surface area (Å²) in [5.41, 5.74) is 0.181. The maximum absolute atomic E-state index is 12.8. The van der Waals surface area contributed by atoms with E-state index in [-0.39, 0.29) is 34.2 Å². The number of nitrogens with zero attached hydrogens (tertiary/aromatic N) is 3. The third kappa shape index (κ3) is 3.48. The third-order valence-corrected chi connectivity index (χ3v) is 4.72. The number of likely N-dealkylation sites (tertiary alicyclic amines) is 1. The molecule has 26 heavy (non-hydrogen) atoms. The highest BCUT2D eigenvalue weighted by atomic mass is 16.3. The number of allylic oxidation sites excluding steroid dienone is 1. The van der Waals surface area contributed by atoms with Crippen molar-refractivity contribution in [2.24, 2.45) is 0 Å². The summed E-state index contributed by atoms with van der Waals surface area (Å²) in [6, 6.07) is 0.0833. The monoisotopic (exact) mass is 356 g/mol. The second kappa shape index (κ2) is 7.70. The second-order valence-corrected chi connectivity index (χ2v) is 6.54. The summed E-state index contributed by atoms with van der Waals surface area (Å²) in [4.78, 5) is 32.0. The minimum Gasteiger partial charge on any atom is -0.442 e. The standard InChI is InChI=1S/C19H24N4O3/c1-4-8-22-10-6-14(7-11-22)21-17(24)15-13(3)26-18-16(15)19(25)23(9-5-2)12-20-18/h4-5,12,14H,1-2,6-11H2,3H3,(H,21,24). The van der Waals surface area contributed by atoms with E-state index in [1.807, 2.05) is 6.08 Å². The van der Waals surface area contributed by atoms with Crippen molar-refractivity contribution in [2.75, 3.05) is 19.6 Å². The normalized spacial score (nSPS) is 15.9. The first-order valence-electron chi connectivity index (χ1n) is 8.78. The first-order valence-corrected chi connectivity index (χ1v) is 8.78. The van der Waals surface area contributed by atoms with E-state index in [4.69, 9.17) is 4.42 Å². The van der Waals surface area contributed by atoms with Crippen molar-refractivity contribution in [3.63, 3.8) is 0 Å². The predicted octanol–water partition coefficient (Wildman–Crippen LogP) is 1.86. The molecule has 1 fully saturated rings. The molecule has 138 valence electrons. The first-order chi connectivity index (χ1) is 12.5. The van der Waals surface area contributed by atoms with Crippen LogP contribution in [0.1, 0.15) is 29.0 Å². The molecule has 0 spiro atoms. The highest BCUT2D eigenvalue weighted by Crippen LogP contribution is 2.21. The Kier molecular flexibility index (Phi) is 5.37. The highest BCUT2D eigenvalue weighted by molar-refractivity contribution is 6.06. The molecule has 7 nitrogen and oxygen atoms in total. The van der Waals surface area contributed by atoms with Gasteiger partial charge >= 0.3 is 0 Å². The average Bonchev–Trinajstić information content (AvgIpc) is 2.96. The van der Waals surface area contributed by atoms with Gasteiger partial charge in [-0.05, 0) is 19.8 Å². The molecule has 0 aromatic carbocycles. The molecule has 1 amide bonds. The zero-order valence-electron chi connectivity index (χ0n) is 15.0. The Morgan fingerprint density at radius 3 is 2.69 bits per heavy atom. The maximum Gasteiger partial charge on any atom is 0.265 e. The summed E-state index contributed by atoms with van der Waals surface area (Å²) in [7, 11) is 0. The van der Waals surface area contributed by atoms with Crippen LogP contribution in [0, 0.1) is 6.92 Å². The van der Waals surface area contributed by atoms with Crippen molar-refractivity contribution in [1.82, 2.24) is 19.8 Å². The number of furan rings is 1. The second-order valence-electron chi connectivity index (χ2n) is 6.54. The van der Waals surface area contributed by atoms with E-state index in [0.29, 0.717) is 12.3 Å². The van der Waals surface area contributed by atoms with Gasteiger partial charge in [-0.1, -0.05) is 12.2 Å². The quantitative estimate of drug-likeness (QED) is 0.799. The molecule has 1 N–H and O–H groups in total. The molecule has 0 bridgehead atoms. The van der Waals surface area contributed by atoms with Crippen LogP contribution >= 0.6 is 0 Å². The van der Waals surface area contributed by atoms with Gasteiger partial charge in [-0.25, -0.2) is 4.98 Å². The number of carbonyl (C=O) groups excluding carboxylic acids is 1. The number of hydrogen-bond donors (Lipinski definition) is 1. The molecule has 0 atom stereocenters.